The molecule has 1 aromatic heterocycles. The molecule has 0 aliphatic rings. The van der Waals surface area contributed by atoms with Gasteiger partial charge in [0.05, 0.1) is 0 Å². The standard InChI is InChI=1S/C17H18N4OS/c1-3-21(4-2)15-7-5-13(6-8-15)11-14(12-18)16(22)20-17-19-9-10-23-17/h5-11H,3-4H2,1-2H3,(H,19,20,22)/b14-11-. The predicted molar refractivity (Wildman–Crippen MR) is 94.3 cm³/mol. The van der Waals surface area contributed by atoms with E-state index in [2.05, 4.69) is 29.0 Å². The number of rotatable bonds is 6. The largest absolute Gasteiger partial charge is 0.372 e. The van der Waals surface area contributed by atoms with Gasteiger partial charge in [-0.25, -0.2) is 4.98 Å². The van der Waals surface area contributed by atoms with E-state index in [-0.39, 0.29) is 5.57 Å². The Bertz CT molecular complexity index is 710. The van der Waals surface area contributed by atoms with Crippen LogP contribution in [0.2, 0.25) is 0 Å². The lowest BCUT2D eigenvalue weighted by Crippen LogP contribution is -2.21. The van der Waals surface area contributed by atoms with Crippen molar-refractivity contribution in [2.24, 2.45) is 0 Å². The number of carbonyl (C=O) groups is 1. The van der Waals surface area contributed by atoms with Crippen LogP contribution in [0.3, 0.4) is 0 Å². The van der Waals surface area contributed by atoms with Crippen LogP contribution in [0.5, 0.6) is 0 Å². The van der Waals surface area contributed by atoms with Crippen LogP contribution < -0.4 is 10.2 Å². The SMILES string of the molecule is CCN(CC)c1ccc(/C=C(/C#N)C(=O)Nc2nccs2)cc1. The van der Waals surface area contributed by atoms with Gasteiger partial charge in [-0.3, -0.25) is 10.1 Å². The summed E-state index contributed by atoms with van der Waals surface area (Å²) in [6.07, 6.45) is 3.18. The highest BCUT2D eigenvalue weighted by Crippen LogP contribution is 2.17. The van der Waals surface area contributed by atoms with Crippen LogP contribution in [-0.2, 0) is 4.79 Å². The summed E-state index contributed by atoms with van der Waals surface area (Å²) in [6, 6.07) is 9.73. The smallest absolute Gasteiger partial charge is 0.268 e. The highest BCUT2D eigenvalue weighted by molar-refractivity contribution is 7.13. The molecule has 1 heterocycles. The summed E-state index contributed by atoms with van der Waals surface area (Å²) in [4.78, 5) is 18.3. The van der Waals surface area contributed by atoms with Gasteiger partial charge in [0.2, 0.25) is 0 Å². The van der Waals surface area contributed by atoms with E-state index in [0.717, 1.165) is 24.3 Å². The van der Waals surface area contributed by atoms with Crippen molar-refractivity contribution in [1.82, 2.24) is 4.98 Å². The van der Waals surface area contributed by atoms with Gasteiger partial charge in [-0.15, -0.1) is 11.3 Å². The first kappa shape index (κ1) is 16.7. The number of benzene rings is 1. The number of hydrogen-bond acceptors (Lipinski definition) is 5. The molecule has 1 aromatic carbocycles. The van der Waals surface area contributed by atoms with E-state index in [0.29, 0.717) is 5.13 Å². The molecule has 118 valence electrons. The molecule has 23 heavy (non-hydrogen) atoms. The van der Waals surface area contributed by atoms with Gasteiger partial charge in [0.1, 0.15) is 11.6 Å². The van der Waals surface area contributed by atoms with Crippen molar-refractivity contribution < 1.29 is 4.79 Å². The fourth-order valence-electron chi connectivity index (χ4n) is 2.14. The first-order chi connectivity index (χ1) is 11.2. The van der Waals surface area contributed by atoms with E-state index in [1.165, 1.54) is 11.3 Å². The molecule has 0 atom stereocenters. The van der Waals surface area contributed by atoms with Crippen LogP contribution in [0.1, 0.15) is 19.4 Å². The van der Waals surface area contributed by atoms with E-state index in [4.69, 9.17) is 0 Å². The second-order valence-electron chi connectivity index (χ2n) is 4.73. The third-order valence-corrected chi connectivity index (χ3v) is 4.04. The number of carbonyl (C=O) groups excluding carboxylic acids is 1. The van der Waals surface area contributed by atoms with E-state index < -0.39 is 5.91 Å². The Kier molecular flexibility index (Phi) is 5.89. The van der Waals surface area contributed by atoms with E-state index in [9.17, 15) is 10.1 Å². The van der Waals surface area contributed by atoms with Gasteiger partial charge in [-0.1, -0.05) is 12.1 Å². The minimum absolute atomic E-state index is 0.0517. The minimum Gasteiger partial charge on any atom is -0.372 e. The van der Waals surface area contributed by atoms with Crippen LogP contribution in [0.15, 0.2) is 41.4 Å². The molecule has 6 heteroatoms. The highest BCUT2D eigenvalue weighted by Gasteiger charge is 2.10. The number of anilines is 2. The van der Waals surface area contributed by atoms with Crippen LogP contribution in [0.4, 0.5) is 10.8 Å². The van der Waals surface area contributed by atoms with Crippen molar-refractivity contribution in [3.8, 4) is 6.07 Å². The maximum Gasteiger partial charge on any atom is 0.268 e. The number of thiazole rings is 1. The Balaban J connectivity index is 2.14. The molecule has 1 amide bonds. The maximum absolute atomic E-state index is 12.1. The third-order valence-electron chi connectivity index (χ3n) is 3.35. The zero-order valence-electron chi connectivity index (χ0n) is 13.1. The summed E-state index contributed by atoms with van der Waals surface area (Å²) in [6.45, 7) is 6.08. The topological polar surface area (TPSA) is 69.0 Å². The third kappa shape index (κ3) is 4.41. The van der Waals surface area contributed by atoms with E-state index in [1.54, 1.807) is 17.7 Å². The normalized spacial score (nSPS) is 10.9. The molecular weight excluding hydrogens is 308 g/mol. The summed E-state index contributed by atoms with van der Waals surface area (Å²) in [5.41, 5.74) is 1.99. The highest BCUT2D eigenvalue weighted by atomic mass is 32.1. The Labute approximate surface area is 139 Å². The van der Waals surface area contributed by atoms with Crippen molar-refractivity contribution in [3.63, 3.8) is 0 Å². The molecule has 0 aliphatic carbocycles. The molecule has 0 bridgehead atoms. The number of nitrogens with one attached hydrogen (secondary N) is 1. The van der Waals surface area contributed by atoms with Gasteiger partial charge in [-0.05, 0) is 37.6 Å². The minimum atomic E-state index is -0.449. The second kappa shape index (κ2) is 8.11. The number of hydrogen-bond donors (Lipinski definition) is 1. The molecule has 1 N–H and O–H groups in total. The van der Waals surface area contributed by atoms with Gasteiger partial charge in [0.25, 0.3) is 5.91 Å². The molecule has 0 unspecified atom stereocenters. The molecule has 0 saturated carbocycles. The summed E-state index contributed by atoms with van der Waals surface area (Å²) in [7, 11) is 0. The maximum atomic E-state index is 12.1. The average molecular weight is 326 g/mol. The number of nitrogens with zero attached hydrogens (tertiary/aromatic N) is 3. The first-order valence-corrected chi connectivity index (χ1v) is 8.23. The van der Waals surface area contributed by atoms with Gasteiger partial charge in [0, 0.05) is 30.4 Å². The monoisotopic (exact) mass is 326 g/mol. The number of amides is 1. The number of aromatic nitrogens is 1. The molecular formula is C17H18N4OS. The van der Waals surface area contributed by atoms with Crippen molar-refractivity contribution >= 4 is 34.1 Å². The molecule has 0 saturated heterocycles. The van der Waals surface area contributed by atoms with Crippen molar-refractivity contribution in [1.29, 1.82) is 5.26 Å². The quantitative estimate of drug-likeness (QED) is 0.651. The molecule has 0 radical (unpaired) electrons. The fourth-order valence-corrected chi connectivity index (χ4v) is 2.66. The summed E-state index contributed by atoms with van der Waals surface area (Å²) < 4.78 is 0. The lowest BCUT2D eigenvalue weighted by Gasteiger charge is -2.20. The predicted octanol–water partition coefficient (Wildman–Crippen LogP) is 3.53. The Morgan fingerprint density at radius 2 is 2.04 bits per heavy atom. The van der Waals surface area contributed by atoms with Gasteiger partial charge < -0.3 is 4.90 Å². The summed E-state index contributed by atoms with van der Waals surface area (Å²) in [5, 5.41) is 14.1. The average Bonchev–Trinajstić information content (AvgIpc) is 3.08. The lowest BCUT2D eigenvalue weighted by atomic mass is 10.1. The zero-order chi connectivity index (χ0) is 16.7. The first-order valence-electron chi connectivity index (χ1n) is 7.35. The molecule has 0 fully saturated rings. The van der Waals surface area contributed by atoms with Crippen LogP contribution >= 0.6 is 11.3 Å². The Morgan fingerprint density at radius 1 is 1.35 bits per heavy atom. The summed E-state index contributed by atoms with van der Waals surface area (Å²) >= 11 is 1.31. The van der Waals surface area contributed by atoms with E-state index in [1.807, 2.05) is 30.3 Å². The molecule has 5 nitrogen and oxygen atoms in total. The summed E-state index contributed by atoms with van der Waals surface area (Å²) in [5.74, 6) is -0.449. The van der Waals surface area contributed by atoms with Crippen LogP contribution in [0.25, 0.3) is 6.08 Å². The van der Waals surface area contributed by atoms with Crippen LogP contribution in [0, 0.1) is 11.3 Å². The van der Waals surface area contributed by atoms with E-state index >= 15 is 0 Å². The Morgan fingerprint density at radius 3 is 2.57 bits per heavy atom. The van der Waals surface area contributed by atoms with Gasteiger partial charge in [0.15, 0.2) is 5.13 Å². The van der Waals surface area contributed by atoms with Gasteiger partial charge >= 0.3 is 0 Å². The fraction of sp³-hybridized carbons (Fsp3) is 0.235. The van der Waals surface area contributed by atoms with Crippen molar-refractivity contribution in [3.05, 3.63) is 47.0 Å². The second-order valence-corrected chi connectivity index (χ2v) is 5.62. The Hall–Kier alpha value is -2.65. The van der Waals surface area contributed by atoms with Crippen molar-refractivity contribution in [2.75, 3.05) is 23.3 Å². The zero-order valence-corrected chi connectivity index (χ0v) is 13.9. The molecule has 0 spiro atoms. The van der Waals surface area contributed by atoms with Crippen LogP contribution in [-0.4, -0.2) is 24.0 Å². The van der Waals surface area contributed by atoms with Crippen molar-refractivity contribution in [2.45, 2.75) is 13.8 Å². The molecule has 0 aliphatic heterocycles. The number of nitriles is 1. The lowest BCUT2D eigenvalue weighted by molar-refractivity contribution is -0.112. The molecule has 2 aromatic rings. The molecule has 2 rings (SSSR count). The van der Waals surface area contributed by atoms with Gasteiger partial charge in [-0.2, -0.15) is 5.26 Å².